The third kappa shape index (κ3) is 6.86. The highest BCUT2D eigenvalue weighted by atomic mass is 19.4. The summed E-state index contributed by atoms with van der Waals surface area (Å²) in [6, 6.07) is 5.76. The van der Waals surface area contributed by atoms with E-state index in [1.165, 1.54) is 50.7 Å². The van der Waals surface area contributed by atoms with Gasteiger partial charge in [-0.2, -0.15) is 0 Å². The molecule has 0 N–H and O–H groups in total. The first-order chi connectivity index (χ1) is 11.5. The first-order valence-corrected chi connectivity index (χ1v) is 8.83. The Balaban J connectivity index is 1.79. The van der Waals surface area contributed by atoms with E-state index in [1.807, 2.05) is 0 Å². The van der Waals surface area contributed by atoms with Crippen molar-refractivity contribution in [2.24, 2.45) is 11.8 Å². The zero-order valence-electron chi connectivity index (χ0n) is 14.2. The smallest absolute Gasteiger partial charge is 0.406 e. The minimum atomic E-state index is -4.65. The number of hydrogen-bond donors (Lipinski definition) is 0. The van der Waals surface area contributed by atoms with Crippen molar-refractivity contribution < 1.29 is 17.9 Å². The van der Waals surface area contributed by atoms with Crippen LogP contribution in [0.1, 0.15) is 63.9 Å². The third-order valence-corrected chi connectivity index (χ3v) is 4.57. The number of ether oxygens (including phenoxy) is 1. The molecule has 0 heterocycles. The Kier molecular flexibility index (Phi) is 7.02. The summed E-state index contributed by atoms with van der Waals surface area (Å²) in [5.74, 6) is 7.43. The maximum absolute atomic E-state index is 12.1. The number of rotatable bonds is 5. The molecule has 0 atom stereocenters. The topological polar surface area (TPSA) is 9.23 Å². The summed E-state index contributed by atoms with van der Waals surface area (Å²) in [4.78, 5) is 0. The first-order valence-electron chi connectivity index (χ1n) is 8.83. The van der Waals surface area contributed by atoms with Crippen LogP contribution < -0.4 is 4.74 Å². The highest BCUT2D eigenvalue weighted by molar-refractivity contribution is 5.38. The van der Waals surface area contributed by atoms with Crippen LogP contribution in [0.2, 0.25) is 0 Å². The third-order valence-electron chi connectivity index (χ3n) is 4.57. The van der Waals surface area contributed by atoms with Crippen LogP contribution in [0.4, 0.5) is 13.2 Å². The molecule has 0 aliphatic heterocycles. The molecule has 0 aromatic heterocycles. The van der Waals surface area contributed by atoms with E-state index in [-0.39, 0.29) is 5.75 Å². The van der Waals surface area contributed by atoms with E-state index < -0.39 is 6.36 Å². The molecule has 0 spiro atoms. The standard InChI is InChI=1S/C20H25F3O/c1-2-3-4-5-16-6-8-17(9-7-16)10-11-18-12-14-19(15-13-18)24-20(21,22)23/h12-17H,2-9H2,1H3/t16-,17-. The predicted molar refractivity (Wildman–Crippen MR) is 89.6 cm³/mol. The van der Waals surface area contributed by atoms with Gasteiger partial charge in [0.05, 0.1) is 0 Å². The molecule has 2 rings (SSSR count). The molecular formula is C20H25F3O. The fraction of sp³-hybridized carbons (Fsp3) is 0.600. The van der Waals surface area contributed by atoms with Gasteiger partial charge < -0.3 is 4.74 Å². The Hall–Kier alpha value is -1.63. The number of unbranched alkanes of at least 4 members (excludes halogenated alkanes) is 2. The molecular weight excluding hydrogens is 313 g/mol. The lowest BCUT2D eigenvalue weighted by molar-refractivity contribution is -0.274. The van der Waals surface area contributed by atoms with Gasteiger partial charge in [0.15, 0.2) is 0 Å². The molecule has 1 aliphatic carbocycles. The molecule has 1 aliphatic rings. The SMILES string of the molecule is CCCCC[C@H]1CC[C@H](C#Cc2ccc(OC(F)(F)F)cc2)CC1. The molecule has 24 heavy (non-hydrogen) atoms. The van der Waals surface area contributed by atoms with E-state index in [0.29, 0.717) is 5.92 Å². The maximum atomic E-state index is 12.1. The molecule has 0 saturated heterocycles. The second-order valence-corrected chi connectivity index (χ2v) is 6.55. The van der Waals surface area contributed by atoms with E-state index in [0.717, 1.165) is 24.3 Å². The highest BCUT2D eigenvalue weighted by Gasteiger charge is 2.30. The molecule has 1 aromatic carbocycles. The van der Waals surface area contributed by atoms with Gasteiger partial charge in [-0.25, -0.2) is 0 Å². The van der Waals surface area contributed by atoms with E-state index in [4.69, 9.17) is 0 Å². The van der Waals surface area contributed by atoms with Gasteiger partial charge in [0.25, 0.3) is 0 Å². The lowest BCUT2D eigenvalue weighted by Gasteiger charge is -2.25. The summed E-state index contributed by atoms with van der Waals surface area (Å²) >= 11 is 0. The normalized spacial score (nSPS) is 21.0. The van der Waals surface area contributed by atoms with Crippen LogP contribution >= 0.6 is 0 Å². The molecule has 1 saturated carbocycles. The average molecular weight is 338 g/mol. The predicted octanol–water partition coefficient (Wildman–Crippen LogP) is 6.32. The molecule has 0 amide bonds. The fourth-order valence-electron chi connectivity index (χ4n) is 3.20. The second-order valence-electron chi connectivity index (χ2n) is 6.55. The summed E-state index contributed by atoms with van der Waals surface area (Å²) in [6.07, 6.45) is 5.41. The molecule has 1 nitrogen and oxygen atoms in total. The number of benzene rings is 1. The van der Waals surface area contributed by atoms with Crippen molar-refractivity contribution in [3.63, 3.8) is 0 Å². The van der Waals surface area contributed by atoms with Crippen LogP contribution in [0.3, 0.4) is 0 Å². The Morgan fingerprint density at radius 2 is 1.71 bits per heavy atom. The number of hydrogen-bond acceptors (Lipinski definition) is 1. The minimum Gasteiger partial charge on any atom is -0.406 e. The highest BCUT2D eigenvalue weighted by Crippen LogP contribution is 2.31. The molecule has 0 unspecified atom stereocenters. The zero-order chi connectivity index (χ0) is 17.4. The summed E-state index contributed by atoms with van der Waals surface area (Å²) in [5, 5.41) is 0. The summed E-state index contributed by atoms with van der Waals surface area (Å²) in [7, 11) is 0. The van der Waals surface area contributed by atoms with Crippen LogP contribution in [0.25, 0.3) is 0 Å². The van der Waals surface area contributed by atoms with Crippen molar-refractivity contribution in [2.45, 2.75) is 64.7 Å². The minimum absolute atomic E-state index is 0.208. The average Bonchev–Trinajstić information content (AvgIpc) is 2.54. The Bertz CT molecular complexity index is 543. The first kappa shape index (κ1) is 18.7. The number of alkyl halides is 3. The fourth-order valence-corrected chi connectivity index (χ4v) is 3.20. The van der Waals surface area contributed by atoms with Gasteiger partial charge in [-0.3, -0.25) is 0 Å². The maximum Gasteiger partial charge on any atom is 0.573 e. The monoisotopic (exact) mass is 338 g/mol. The van der Waals surface area contributed by atoms with Crippen LogP contribution in [-0.2, 0) is 0 Å². The van der Waals surface area contributed by atoms with Gasteiger partial charge in [0.1, 0.15) is 5.75 Å². The summed E-state index contributed by atoms with van der Waals surface area (Å²) < 4.78 is 40.2. The zero-order valence-corrected chi connectivity index (χ0v) is 14.2. The van der Waals surface area contributed by atoms with Crippen LogP contribution in [0.5, 0.6) is 5.75 Å². The van der Waals surface area contributed by atoms with E-state index >= 15 is 0 Å². The number of halogens is 3. The lowest BCUT2D eigenvalue weighted by atomic mass is 9.80. The van der Waals surface area contributed by atoms with Gasteiger partial charge in [0, 0.05) is 11.5 Å². The van der Waals surface area contributed by atoms with Crippen molar-refractivity contribution in [1.82, 2.24) is 0 Å². The summed E-state index contributed by atoms with van der Waals surface area (Å²) in [5.41, 5.74) is 0.731. The summed E-state index contributed by atoms with van der Waals surface area (Å²) in [6.45, 7) is 2.23. The van der Waals surface area contributed by atoms with Gasteiger partial charge >= 0.3 is 6.36 Å². The Morgan fingerprint density at radius 3 is 2.29 bits per heavy atom. The largest absolute Gasteiger partial charge is 0.573 e. The van der Waals surface area contributed by atoms with Crippen molar-refractivity contribution in [3.05, 3.63) is 29.8 Å². The molecule has 4 heteroatoms. The van der Waals surface area contributed by atoms with Crippen molar-refractivity contribution in [3.8, 4) is 17.6 Å². The Labute approximate surface area is 142 Å². The van der Waals surface area contributed by atoms with E-state index in [2.05, 4.69) is 23.5 Å². The Morgan fingerprint density at radius 1 is 1.04 bits per heavy atom. The van der Waals surface area contributed by atoms with Crippen LogP contribution in [0, 0.1) is 23.7 Å². The molecule has 132 valence electrons. The van der Waals surface area contributed by atoms with Crippen LogP contribution in [0.15, 0.2) is 24.3 Å². The molecule has 0 radical (unpaired) electrons. The van der Waals surface area contributed by atoms with Gasteiger partial charge in [-0.1, -0.05) is 44.4 Å². The molecule has 0 bridgehead atoms. The molecule has 1 aromatic rings. The van der Waals surface area contributed by atoms with E-state index in [1.54, 1.807) is 12.1 Å². The van der Waals surface area contributed by atoms with Crippen molar-refractivity contribution in [1.29, 1.82) is 0 Å². The lowest BCUT2D eigenvalue weighted by Crippen LogP contribution is -2.16. The second kappa shape index (κ2) is 9.01. The van der Waals surface area contributed by atoms with Crippen molar-refractivity contribution in [2.75, 3.05) is 0 Å². The molecule has 1 fully saturated rings. The van der Waals surface area contributed by atoms with Crippen molar-refractivity contribution >= 4 is 0 Å². The van der Waals surface area contributed by atoms with Gasteiger partial charge in [-0.15, -0.1) is 13.2 Å². The van der Waals surface area contributed by atoms with E-state index in [9.17, 15) is 13.2 Å². The quantitative estimate of drug-likeness (QED) is 0.451. The van der Waals surface area contributed by atoms with Gasteiger partial charge in [-0.05, 0) is 55.9 Å². The van der Waals surface area contributed by atoms with Gasteiger partial charge in [0.2, 0.25) is 0 Å². The van der Waals surface area contributed by atoms with Crippen LogP contribution in [-0.4, -0.2) is 6.36 Å².